The van der Waals surface area contributed by atoms with Crippen LogP contribution in [0.4, 0.5) is 20.2 Å². The van der Waals surface area contributed by atoms with E-state index in [9.17, 15) is 18.4 Å². The molecule has 0 spiro atoms. The number of amides is 1. The first-order valence-electron chi connectivity index (χ1n) is 12.0. The molecule has 8 nitrogen and oxygen atoms in total. The lowest BCUT2D eigenvalue weighted by atomic mass is 10.1. The Morgan fingerprint density at radius 3 is 2.50 bits per heavy atom. The first-order valence-corrected chi connectivity index (χ1v) is 12.0. The zero-order valence-corrected chi connectivity index (χ0v) is 19.6. The predicted octanol–water partition coefficient (Wildman–Crippen LogP) is 4.29. The highest BCUT2D eigenvalue weighted by Crippen LogP contribution is 2.42. The van der Waals surface area contributed by atoms with Gasteiger partial charge in [0.05, 0.1) is 29.1 Å². The second-order valence-electron chi connectivity index (χ2n) is 9.55. The minimum Gasteiger partial charge on any atom is -0.369 e. The number of carbonyl (C=O) groups is 1. The van der Waals surface area contributed by atoms with Crippen LogP contribution in [0.25, 0.3) is 16.6 Å². The summed E-state index contributed by atoms with van der Waals surface area (Å²) < 4.78 is 31.2. The number of aromatic nitrogens is 4. The summed E-state index contributed by atoms with van der Waals surface area (Å²) in [7, 11) is 0. The maximum atomic E-state index is 14.3. The minimum absolute atomic E-state index is 0.147. The van der Waals surface area contributed by atoms with Crippen molar-refractivity contribution in [2.24, 2.45) is 5.92 Å². The molecular formula is C26H24F2N6O2. The average Bonchev–Trinajstić information content (AvgIpc) is 3.46. The quantitative estimate of drug-likeness (QED) is 0.451. The van der Waals surface area contributed by atoms with Crippen LogP contribution >= 0.6 is 0 Å². The van der Waals surface area contributed by atoms with E-state index in [1.165, 1.54) is 12.1 Å². The Kier molecular flexibility index (Phi) is 5.31. The van der Waals surface area contributed by atoms with Crippen molar-refractivity contribution in [2.45, 2.75) is 32.2 Å². The Morgan fingerprint density at radius 2 is 1.81 bits per heavy atom. The van der Waals surface area contributed by atoms with Gasteiger partial charge in [0.2, 0.25) is 0 Å². The Labute approximate surface area is 205 Å². The van der Waals surface area contributed by atoms with Crippen molar-refractivity contribution in [2.75, 3.05) is 23.3 Å². The van der Waals surface area contributed by atoms with Crippen LogP contribution in [0.2, 0.25) is 0 Å². The van der Waals surface area contributed by atoms with Crippen molar-refractivity contribution >= 4 is 28.2 Å². The van der Waals surface area contributed by atoms with Gasteiger partial charge in [0.25, 0.3) is 11.5 Å². The van der Waals surface area contributed by atoms with E-state index in [1.54, 1.807) is 0 Å². The number of fused-ring (bicyclic) bond motifs is 1. The van der Waals surface area contributed by atoms with E-state index in [2.05, 4.69) is 27.3 Å². The van der Waals surface area contributed by atoms with Gasteiger partial charge in [-0.2, -0.15) is 14.9 Å². The fourth-order valence-corrected chi connectivity index (χ4v) is 4.87. The van der Waals surface area contributed by atoms with Crippen molar-refractivity contribution in [3.05, 3.63) is 76.3 Å². The topological polar surface area (TPSA) is 85.1 Å². The summed E-state index contributed by atoms with van der Waals surface area (Å²) in [5.41, 5.74) is 0.978. The molecule has 2 aliphatic rings. The predicted molar refractivity (Wildman–Crippen MR) is 132 cm³/mol. The van der Waals surface area contributed by atoms with Gasteiger partial charge in [-0.1, -0.05) is 13.0 Å². The molecule has 2 aromatic heterocycles. The molecule has 4 aromatic rings. The van der Waals surface area contributed by atoms with E-state index < -0.39 is 28.8 Å². The minimum atomic E-state index is -0.953. The van der Waals surface area contributed by atoms with Crippen LogP contribution in [-0.2, 0) is 0 Å². The maximum Gasteiger partial charge on any atom is 0.276 e. The summed E-state index contributed by atoms with van der Waals surface area (Å²) in [5.74, 6) is -1.98. The molecule has 184 valence electrons. The third-order valence-corrected chi connectivity index (χ3v) is 6.82. The molecule has 36 heavy (non-hydrogen) atoms. The fourth-order valence-electron chi connectivity index (χ4n) is 4.87. The molecule has 2 fully saturated rings. The van der Waals surface area contributed by atoms with Crippen LogP contribution < -0.4 is 15.8 Å². The summed E-state index contributed by atoms with van der Waals surface area (Å²) >= 11 is 0. The van der Waals surface area contributed by atoms with Crippen LogP contribution in [0.5, 0.6) is 0 Å². The van der Waals surface area contributed by atoms with Gasteiger partial charge in [0.15, 0.2) is 11.6 Å². The molecule has 0 bridgehead atoms. The lowest BCUT2D eigenvalue weighted by Crippen LogP contribution is -2.27. The average molecular weight is 491 g/mol. The van der Waals surface area contributed by atoms with Crippen LogP contribution in [0.15, 0.2) is 53.5 Å². The SMILES string of the molecule is C[C@@H]1CCN(c2c(NC(=O)c3ccc(=O)n(-c4c(F)cccc4F)n3)ccc3c2cnn3C2CC2)C1. The Balaban J connectivity index is 1.39. The van der Waals surface area contributed by atoms with Crippen molar-refractivity contribution in [3.63, 3.8) is 0 Å². The highest BCUT2D eigenvalue weighted by atomic mass is 19.1. The first kappa shape index (κ1) is 22.4. The maximum absolute atomic E-state index is 14.3. The molecular weight excluding hydrogens is 466 g/mol. The van der Waals surface area contributed by atoms with Crippen LogP contribution in [0.1, 0.15) is 42.7 Å². The molecule has 1 aliphatic carbocycles. The molecule has 10 heteroatoms. The molecule has 6 rings (SSSR count). The smallest absolute Gasteiger partial charge is 0.276 e. The summed E-state index contributed by atoms with van der Waals surface area (Å²) in [5, 5.41) is 12.5. The Bertz CT molecular complexity index is 1540. The van der Waals surface area contributed by atoms with Crippen LogP contribution in [0.3, 0.4) is 0 Å². The van der Waals surface area contributed by atoms with Gasteiger partial charge < -0.3 is 10.2 Å². The van der Waals surface area contributed by atoms with E-state index in [1.807, 2.05) is 23.0 Å². The standard InChI is InChI=1S/C26H24F2N6O2/c1-15-11-12-32(14-15)24-17-13-29-33(16-5-6-16)22(17)9-7-20(24)30-26(36)21-8-10-23(35)34(31-21)25-18(27)3-2-4-19(25)28/h2-4,7-10,13,15-16H,5-6,11-12,14H2,1H3,(H,30,36)/t15-/m1/s1. The highest BCUT2D eigenvalue weighted by Gasteiger charge is 2.29. The van der Waals surface area contributed by atoms with Gasteiger partial charge in [-0.15, -0.1) is 0 Å². The second kappa shape index (κ2) is 8.54. The number of benzene rings is 2. The zero-order valence-electron chi connectivity index (χ0n) is 19.6. The number of nitrogens with zero attached hydrogens (tertiary/aromatic N) is 5. The molecule has 1 saturated carbocycles. The summed E-state index contributed by atoms with van der Waals surface area (Å²) in [4.78, 5) is 27.9. The molecule has 0 unspecified atom stereocenters. The highest BCUT2D eigenvalue weighted by molar-refractivity contribution is 6.08. The third-order valence-electron chi connectivity index (χ3n) is 6.82. The normalized spacial score (nSPS) is 17.6. The largest absolute Gasteiger partial charge is 0.369 e. The summed E-state index contributed by atoms with van der Waals surface area (Å²) in [6.07, 6.45) is 5.10. The third kappa shape index (κ3) is 3.82. The zero-order chi connectivity index (χ0) is 25.0. The van der Waals surface area contributed by atoms with Gasteiger partial charge in [0, 0.05) is 24.5 Å². The van der Waals surface area contributed by atoms with Crippen molar-refractivity contribution < 1.29 is 13.6 Å². The van der Waals surface area contributed by atoms with Gasteiger partial charge in [-0.05, 0) is 55.5 Å². The van der Waals surface area contributed by atoms with E-state index in [4.69, 9.17) is 0 Å². The first-order chi connectivity index (χ1) is 17.4. The van der Waals surface area contributed by atoms with E-state index in [-0.39, 0.29) is 5.69 Å². The molecule has 0 radical (unpaired) electrons. The number of hydrogen-bond acceptors (Lipinski definition) is 5. The van der Waals surface area contributed by atoms with E-state index >= 15 is 0 Å². The molecule has 3 heterocycles. The molecule has 1 N–H and O–H groups in total. The lowest BCUT2D eigenvalue weighted by molar-refractivity contribution is 0.102. The van der Waals surface area contributed by atoms with Crippen LogP contribution in [0, 0.1) is 17.6 Å². The molecule has 1 atom stereocenters. The number of nitrogens with one attached hydrogen (secondary N) is 1. The number of carbonyl (C=O) groups excluding carboxylic acids is 1. The van der Waals surface area contributed by atoms with Gasteiger partial charge in [0.1, 0.15) is 11.4 Å². The van der Waals surface area contributed by atoms with Crippen molar-refractivity contribution in [1.29, 1.82) is 0 Å². The van der Waals surface area contributed by atoms with Gasteiger partial charge in [-0.3, -0.25) is 14.3 Å². The molecule has 1 aliphatic heterocycles. The Morgan fingerprint density at radius 1 is 1.03 bits per heavy atom. The van der Waals surface area contributed by atoms with E-state index in [0.717, 1.165) is 67.1 Å². The number of para-hydroxylation sites is 1. The molecule has 1 saturated heterocycles. The number of anilines is 2. The lowest BCUT2D eigenvalue weighted by Gasteiger charge is -2.23. The summed E-state index contributed by atoms with van der Waals surface area (Å²) in [6, 6.07) is 9.77. The van der Waals surface area contributed by atoms with Gasteiger partial charge in [-0.25, -0.2) is 8.78 Å². The Hall–Kier alpha value is -4.08. The number of rotatable bonds is 5. The number of halogens is 2. The fraction of sp³-hybridized carbons (Fsp3) is 0.308. The van der Waals surface area contributed by atoms with Crippen LogP contribution in [-0.4, -0.2) is 38.6 Å². The van der Waals surface area contributed by atoms with E-state index in [0.29, 0.717) is 22.3 Å². The van der Waals surface area contributed by atoms with Crippen molar-refractivity contribution in [3.8, 4) is 5.69 Å². The molecule has 2 aromatic carbocycles. The molecule has 1 amide bonds. The second-order valence-corrected chi connectivity index (χ2v) is 9.55. The van der Waals surface area contributed by atoms with Crippen molar-refractivity contribution in [1.82, 2.24) is 19.6 Å². The van der Waals surface area contributed by atoms with Gasteiger partial charge >= 0.3 is 0 Å². The monoisotopic (exact) mass is 490 g/mol. The summed E-state index contributed by atoms with van der Waals surface area (Å²) in [6.45, 7) is 3.90. The number of hydrogen-bond donors (Lipinski definition) is 1.